The van der Waals surface area contributed by atoms with E-state index in [-0.39, 0.29) is 11.8 Å². The van der Waals surface area contributed by atoms with Crippen LogP contribution in [0.2, 0.25) is 0 Å². The van der Waals surface area contributed by atoms with Gasteiger partial charge in [0.15, 0.2) is 0 Å². The number of carbonyl (C=O) groups is 1. The Labute approximate surface area is 136 Å². The van der Waals surface area contributed by atoms with E-state index in [1.807, 2.05) is 30.3 Å². The van der Waals surface area contributed by atoms with Gasteiger partial charge in [0.05, 0.1) is 9.70 Å². The van der Waals surface area contributed by atoms with E-state index in [4.69, 9.17) is 0 Å². The lowest BCUT2D eigenvalue weighted by atomic mass is 9.90. The third-order valence-corrected chi connectivity index (χ3v) is 5.38. The molecule has 0 bridgehead atoms. The molecular formula is C16H17BrN2OS. The Hall–Kier alpha value is -1.33. The van der Waals surface area contributed by atoms with Crippen LogP contribution >= 0.6 is 27.3 Å². The monoisotopic (exact) mass is 364 g/mol. The third kappa shape index (κ3) is 3.47. The van der Waals surface area contributed by atoms with E-state index in [2.05, 4.69) is 32.6 Å². The van der Waals surface area contributed by atoms with Crippen molar-refractivity contribution in [2.45, 2.75) is 18.8 Å². The van der Waals surface area contributed by atoms with Crippen LogP contribution in [0.15, 0.2) is 40.2 Å². The average molecular weight is 365 g/mol. The highest BCUT2D eigenvalue weighted by Crippen LogP contribution is 2.31. The number of para-hydroxylation sites is 1. The Kier molecular flexibility index (Phi) is 4.60. The minimum absolute atomic E-state index is 0.0301. The number of thiophene rings is 1. The second kappa shape index (κ2) is 6.62. The lowest BCUT2D eigenvalue weighted by Crippen LogP contribution is -2.34. The van der Waals surface area contributed by atoms with Crippen LogP contribution in [0.25, 0.3) is 0 Å². The first-order chi connectivity index (χ1) is 10.2. The van der Waals surface area contributed by atoms with E-state index in [0.29, 0.717) is 6.54 Å². The Bertz CT molecular complexity index is 641. The predicted molar refractivity (Wildman–Crippen MR) is 91.0 cm³/mol. The Morgan fingerprint density at radius 3 is 3.00 bits per heavy atom. The largest absolute Gasteiger partial charge is 0.385 e. The van der Waals surface area contributed by atoms with Gasteiger partial charge < -0.3 is 10.6 Å². The fourth-order valence-electron chi connectivity index (χ4n) is 2.66. The number of fused-ring (bicyclic) bond motifs is 1. The maximum Gasteiger partial charge on any atom is 0.227 e. The lowest BCUT2D eigenvalue weighted by molar-refractivity contribution is -0.122. The molecule has 1 amide bonds. The topological polar surface area (TPSA) is 41.1 Å². The van der Waals surface area contributed by atoms with Crippen molar-refractivity contribution in [3.63, 3.8) is 0 Å². The molecule has 21 heavy (non-hydrogen) atoms. The maximum absolute atomic E-state index is 12.4. The summed E-state index contributed by atoms with van der Waals surface area (Å²) in [6.45, 7) is 1.55. The van der Waals surface area contributed by atoms with Crippen molar-refractivity contribution in [2.24, 2.45) is 0 Å². The van der Waals surface area contributed by atoms with E-state index >= 15 is 0 Å². The fourth-order valence-corrected chi connectivity index (χ4v) is 4.14. The Morgan fingerprint density at radius 1 is 1.33 bits per heavy atom. The summed E-state index contributed by atoms with van der Waals surface area (Å²) in [6, 6.07) is 12.2. The number of hydrogen-bond donors (Lipinski definition) is 2. The molecule has 1 unspecified atom stereocenters. The highest BCUT2D eigenvalue weighted by atomic mass is 79.9. The molecule has 3 rings (SSSR count). The molecule has 1 aliphatic heterocycles. The number of anilines is 1. The number of amides is 1. The number of halogens is 1. The van der Waals surface area contributed by atoms with Crippen LogP contribution < -0.4 is 10.6 Å². The fraction of sp³-hybridized carbons (Fsp3) is 0.312. The van der Waals surface area contributed by atoms with Gasteiger partial charge >= 0.3 is 0 Å². The van der Waals surface area contributed by atoms with E-state index < -0.39 is 0 Å². The molecule has 0 aliphatic carbocycles. The highest BCUT2D eigenvalue weighted by molar-refractivity contribution is 9.11. The maximum atomic E-state index is 12.4. The highest BCUT2D eigenvalue weighted by Gasteiger charge is 2.25. The van der Waals surface area contributed by atoms with Gasteiger partial charge in [-0.2, -0.15) is 0 Å². The quantitative estimate of drug-likeness (QED) is 0.866. The summed E-state index contributed by atoms with van der Waals surface area (Å²) in [5.74, 6) is 0.108. The molecule has 0 radical (unpaired) electrons. The summed E-state index contributed by atoms with van der Waals surface area (Å²) in [6.07, 6.45) is 1.74. The van der Waals surface area contributed by atoms with Gasteiger partial charge in [0.2, 0.25) is 5.91 Å². The molecule has 2 heterocycles. The number of hydrogen-bond acceptors (Lipinski definition) is 3. The molecule has 1 aromatic heterocycles. The van der Waals surface area contributed by atoms with Gasteiger partial charge in [-0.15, -0.1) is 11.3 Å². The van der Waals surface area contributed by atoms with Crippen LogP contribution in [0.3, 0.4) is 0 Å². The van der Waals surface area contributed by atoms with E-state index in [1.54, 1.807) is 11.3 Å². The van der Waals surface area contributed by atoms with Gasteiger partial charge in [-0.05, 0) is 52.5 Å². The SMILES string of the molecule is O=C(NCCc1ccc(Br)s1)C1CCNc2ccccc21. The predicted octanol–water partition coefficient (Wildman–Crippen LogP) is 3.77. The molecule has 1 atom stereocenters. The van der Waals surface area contributed by atoms with Crippen LogP contribution in [0.1, 0.15) is 22.8 Å². The zero-order valence-electron chi connectivity index (χ0n) is 11.6. The third-order valence-electron chi connectivity index (χ3n) is 3.70. The molecule has 0 saturated heterocycles. The van der Waals surface area contributed by atoms with Crippen LogP contribution in [0.4, 0.5) is 5.69 Å². The van der Waals surface area contributed by atoms with Gasteiger partial charge in [-0.25, -0.2) is 0 Å². The van der Waals surface area contributed by atoms with E-state index in [0.717, 1.165) is 34.4 Å². The number of carbonyl (C=O) groups excluding carboxylic acids is 1. The van der Waals surface area contributed by atoms with Crippen molar-refractivity contribution < 1.29 is 4.79 Å². The van der Waals surface area contributed by atoms with Crippen molar-refractivity contribution in [1.82, 2.24) is 5.32 Å². The van der Waals surface area contributed by atoms with Crippen molar-refractivity contribution in [2.75, 3.05) is 18.4 Å². The molecule has 2 N–H and O–H groups in total. The summed E-state index contributed by atoms with van der Waals surface area (Å²) < 4.78 is 1.14. The summed E-state index contributed by atoms with van der Waals surface area (Å²) >= 11 is 5.18. The van der Waals surface area contributed by atoms with Gasteiger partial charge in [-0.1, -0.05) is 18.2 Å². The van der Waals surface area contributed by atoms with Crippen molar-refractivity contribution in [1.29, 1.82) is 0 Å². The van der Waals surface area contributed by atoms with Crippen LogP contribution in [-0.4, -0.2) is 19.0 Å². The molecule has 1 aromatic carbocycles. The average Bonchev–Trinajstić information content (AvgIpc) is 2.92. The normalized spacial score (nSPS) is 16.9. The summed E-state index contributed by atoms with van der Waals surface area (Å²) in [5, 5.41) is 6.42. The molecule has 5 heteroatoms. The number of benzene rings is 1. The molecule has 110 valence electrons. The second-order valence-electron chi connectivity index (χ2n) is 5.10. The molecule has 0 fully saturated rings. The van der Waals surface area contributed by atoms with Crippen molar-refractivity contribution in [3.05, 3.63) is 50.6 Å². The van der Waals surface area contributed by atoms with Crippen LogP contribution in [0, 0.1) is 0 Å². The van der Waals surface area contributed by atoms with Gasteiger partial charge in [0, 0.05) is 23.7 Å². The lowest BCUT2D eigenvalue weighted by Gasteiger charge is -2.25. The van der Waals surface area contributed by atoms with E-state index in [1.165, 1.54) is 4.88 Å². The Balaban J connectivity index is 1.59. The summed E-state index contributed by atoms with van der Waals surface area (Å²) in [4.78, 5) is 13.7. The van der Waals surface area contributed by atoms with E-state index in [9.17, 15) is 4.79 Å². The molecule has 3 nitrogen and oxygen atoms in total. The molecule has 0 spiro atoms. The molecule has 2 aromatic rings. The number of rotatable bonds is 4. The number of nitrogens with one attached hydrogen (secondary N) is 2. The van der Waals surface area contributed by atoms with Crippen LogP contribution in [0.5, 0.6) is 0 Å². The first-order valence-electron chi connectivity index (χ1n) is 7.09. The van der Waals surface area contributed by atoms with Gasteiger partial charge in [0.25, 0.3) is 0 Å². The molecule has 0 saturated carbocycles. The Morgan fingerprint density at radius 2 is 2.19 bits per heavy atom. The zero-order chi connectivity index (χ0) is 14.7. The minimum atomic E-state index is -0.0301. The van der Waals surface area contributed by atoms with Gasteiger partial charge in [0.1, 0.15) is 0 Å². The summed E-state index contributed by atoms with van der Waals surface area (Å²) in [5.41, 5.74) is 2.20. The van der Waals surface area contributed by atoms with Gasteiger partial charge in [-0.3, -0.25) is 4.79 Å². The summed E-state index contributed by atoms with van der Waals surface area (Å²) in [7, 11) is 0. The van der Waals surface area contributed by atoms with Crippen molar-refractivity contribution in [3.8, 4) is 0 Å². The first kappa shape index (κ1) is 14.6. The first-order valence-corrected chi connectivity index (χ1v) is 8.70. The van der Waals surface area contributed by atoms with Crippen LogP contribution in [-0.2, 0) is 11.2 Å². The zero-order valence-corrected chi connectivity index (χ0v) is 14.0. The minimum Gasteiger partial charge on any atom is -0.385 e. The molecule has 1 aliphatic rings. The van der Waals surface area contributed by atoms with Crippen molar-refractivity contribution >= 4 is 38.9 Å². The smallest absolute Gasteiger partial charge is 0.227 e. The standard InChI is InChI=1S/C16H17BrN2OS/c17-15-6-5-11(21-15)7-9-19-16(20)13-8-10-18-14-4-2-1-3-12(13)14/h1-6,13,18H,7-10H2,(H,19,20). The molecular weight excluding hydrogens is 348 g/mol. The second-order valence-corrected chi connectivity index (χ2v) is 7.65.